The zero-order valence-corrected chi connectivity index (χ0v) is 19.7. The number of hydrogen-bond acceptors (Lipinski definition) is 6. The van der Waals surface area contributed by atoms with Gasteiger partial charge in [0.25, 0.3) is 0 Å². The number of nitriles is 1. The second-order valence-electron chi connectivity index (χ2n) is 7.96. The number of thioether (sulfide) groups is 1. The van der Waals surface area contributed by atoms with Gasteiger partial charge in [-0.15, -0.1) is 18.3 Å². The van der Waals surface area contributed by atoms with Gasteiger partial charge in [0, 0.05) is 11.1 Å². The van der Waals surface area contributed by atoms with Crippen molar-refractivity contribution in [2.45, 2.75) is 19.8 Å². The second kappa shape index (κ2) is 10.4. The van der Waals surface area contributed by atoms with Crippen LogP contribution in [0.5, 0.6) is 0 Å². The smallest absolute Gasteiger partial charge is 0.207 e. The lowest BCUT2D eigenvalue weighted by atomic mass is 9.87. The summed E-state index contributed by atoms with van der Waals surface area (Å²) in [7, 11) is 0. The molecule has 4 rings (SSSR count). The Morgan fingerprint density at radius 3 is 2.65 bits per heavy atom. The number of carbonyl (C=O) groups is 2. The topological polar surface area (TPSA) is 88.1 Å². The van der Waals surface area contributed by atoms with Crippen molar-refractivity contribution in [2.24, 2.45) is 10.9 Å². The van der Waals surface area contributed by atoms with E-state index in [9.17, 15) is 14.9 Å². The summed E-state index contributed by atoms with van der Waals surface area (Å²) in [5.41, 5.74) is 5.10. The average Bonchev–Trinajstić information content (AvgIpc) is 3.26. The Labute approximate surface area is 203 Å². The van der Waals surface area contributed by atoms with Crippen LogP contribution in [0.4, 0.5) is 0 Å². The highest BCUT2D eigenvalue weighted by atomic mass is 32.2. The normalized spacial score (nSPS) is 13.4. The summed E-state index contributed by atoms with van der Waals surface area (Å²) in [5, 5.41) is 15.0. The Morgan fingerprint density at radius 1 is 1.21 bits per heavy atom. The Kier molecular flexibility index (Phi) is 7.19. The highest BCUT2D eigenvalue weighted by Crippen LogP contribution is 2.37. The van der Waals surface area contributed by atoms with E-state index in [2.05, 4.69) is 23.7 Å². The molecule has 170 valence electrons. The average molecular weight is 469 g/mol. The molecule has 34 heavy (non-hydrogen) atoms. The number of para-hydroxylation sites is 1. The first kappa shape index (κ1) is 23.4. The van der Waals surface area contributed by atoms with Crippen LogP contribution in [-0.2, 0) is 17.6 Å². The van der Waals surface area contributed by atoms with Gasteiger partial charge >= 0.3 is 0 Å². The summed E-state index contributed by atoms with van der Waals surface area (Å²) in [6, 6.07) is 19.9. The lowest BCUT2D eigenvalue weighted by Gasteiger charge is -2.19. The molecule has 0 radical (unpaired) electrons. The Balaban J connectivity index is 1.84. The first-order chi connectivity index (χ1) is 16.5. The van der Waals surface area contributed by atoms with Gasteiger partial charge in [0.1, 0.15) is 11.5 Å². The zero-order chi connectivity index (χ0) is 24.1. The number of fused-ring (bicyclic) bond motifs is 3. The van der Waals surface area contributed by atoms with Gasteiger partial charge in [-0.2, -0.15) is 10.4 Å². The van der Waals surface area contributed by atoms with Gasteiger partial charge in [0.2, 0.25) is 5.78 Å². The third-order valence-corrected chi connectivity index (χ3v) is 6.78. The lowest BCUT2D eigenvalue weighted by Crippen LogP contribution is -2.24. The number of hydrogen-bond donors (Lipinski definition) is 0. The first-order valence-electron chi connectivity index (χ1n) is 11.0. The van der Waals surface area contributed by atoms with E-state index in [0.717, 1.165) is 40.7 Å². The molecule has 7 heteroatoms. The molecule has 0 aliphatic heterocycles. The third-order valence-electron chi connectivity index (χ3n) is 5.57. The minimum Gasteiger partial charge on any atom is -0.299 e. The van der Waals surface area contributed by atoms with Crippen molar-refractivity contribution in [1.82, 2.24) is 9.78 Å². The number of aliphatic imine (C=N–C) groups is 1. The number of nitrogens with zero attached hydrogens (tertiary/aromatic N) is 4. The highest BCUT2D eigenvalue weighted by molar-refractivity contribution is 8.14. The van der Waals surface area contributed by atoms with Crippen LogP contribution < -0.4 is 0 Å². The Bertz CT molecular complexity index is 1320. The maximum absolute atomic E-state index is 13.8. The quantitative estimate of drug-likeness (QED) is 0.204. The number of benzene rings is 2. The minimum atomic E-state index is -1.13. The number of ketones is 2. The monoisotopic (exact) mass is 468 g/mol. The molecule has 0 bridgehead atoms. The van der Waals surface area contributed by atoms with E-state index in [4.69, 9.17) is 5.10 Å². The largest absolute Gasteiger partial charge is 0.299 e. The Morgan fingerprint density at radius 2 is 1.94 bits per heavy atom. The van der Waals surface area contributed by atoms with Gasteiger partial charge in [-0.1, -0.05) is 48.5 Å². The summed E-state index contributed by atoms with van der Waals surface area (Å²) in [5.74, 6) is -1.44. The molecule has 1 aliphatic rings. The van der Waals surface area contributed by atoms with Crippen LogP contribution in [0.2, 0.25) is 0 Å². The Hall–Kier alpha value is -3.76. The van der Waals surface area contributed by atoms with E-state index < -0.39 is 11.7 Å². The molecular formula is C27H24N4O2S. The standard InChI is InChI=1S/C27H24N4O2S/c1-3-15-29-27(34-17-18(2)32)23(16-28)26(33)24-22-14-13-19-9-7-8-12-21(19)25(22)31(30-24)20-10-5-4-6-11-20/h3-12,23H,1,13-15,17H2,2H3. The zero-order valence-electron chi connectivity index (χ0n) is 18.9. The molecule has 0 saturated carbocycles. The fourth-order valence-electron chi connectivity index (χ4n) is 4.06. The molecule has 0 spiro atoms. The molecular weight excluding hydrogens is 444 g/mol. The van der Waals surface area contributed by atoms with Crippen molar-refractivity contribution in [3.8, 4) is 23.0 Å². The van der Waals surface area contributed by atoms with E-state index in [1.807, 2.05) is 48.5 Å². The SMILES string of the molecule is C=CCN=C(SCC(C)=O)C(C#N)C(=O)c1nn(-c2ccccc2)c2c1CCc1ccccc1-2. The van der Waals surface area contributed by atoms with Crippen molar-refractivity contribution in [3.05, 3.63) is 84.1 Å². The molecule has 0 saturated heterocycles. The fraction of sp³-hybridized carbons (Fsp3) is 0.222. The fourth-order valence-corrected chi connectivity index (χ4v) is 4.90. The summed E-state index contributed by atoms with van der Waals surface area (Å²) in [6.07, 6.45) is 3.03. The molecule has 2 aromatic carbocycles. The van der Waals surface area contributed by atoms with E-state index in [-0.39, 0.29) is 23.8 Å². The second-order valence-corrected chi connectivity index (χ2v) is 8.96. The van der Waals surface area contributed by atoms with Crippen LogP contribution in [-0.4, -0.2) is 38.7 Å². The lowest BCUT2D eigenvalue weighted by molar-refractivity contribution is -0.114. The van der Waals surface area contributed by atoms with Gasteiger partial charge in [-0.3, -0.25) is 14.6 Å². The van der Waals surface area contributed by atoms with Crippen molar-refractivity contribution in [2.75, 3.05) is 12.3 Å². The molecule has 1 heterocycles. The molecule has 1 atom stereocenters. The molecule has 1 aliphatic carbocycles. The van der Waals surface area contributed by atoms with E-state index in [0.29, 0.717) is 11.5 Å². The number of aryl methyl sites for hydroxylation is 1. The van der Waals surface area contributed by atoms with Crippen LogP contribution >= 0.6 is 11.8 Å². The third kappa shape index (κ3) is 4.63. The number of rotatable bonds is 8. The van der Waals surface area contributed by atoms with Gasteiger partial charge in [-0.05, 0) is 37.5 Å². The van der Waals surface area contributed by atoms with Crippen molar-refractivity contribution in [3.63, 3.8) is 0 Å². The molecule has 0 N–H and O–H groups in total. The molecule has 1 unspecified atom stereocenters. The molecule has 3 aromatic rings. The van der Waals surface area contributed by atoms with Crippen LogP contribution in [0, 0.1) is 17.2 Å². The van der Waals surface area contributed by atoms with Crippen LogP contribution in [0.25, 0.3) is 16.9 Å². The van der Waals surface area contributed by atoms with Crippen LogP contribution in [0.1, 0.15) is 28.5 Å². The van der Waals surface area contributed by atoms with Crippen LogP contribution in [0.3, 0.4) is 0 Å². The number of carbonyl (C=O) groups excluding carboxylic acids is 2. The summed E-state index contributed by atoms with van der Waals surface area (Å²) in [4.78, 5) is 29.7. The van der Waals surface area contributed by atoms with Crippen molar-refractivity contribution >= 4 is 28.4 Å². The maximum Gasteiger partial charge on any atom is 0.207 e. The van der Waals surface area contributed by atoms with Gasteiger partial charge in [-0.25, -0.2) is 4.68 Å². The summed E-state index contributed by atoms with van der Waals surface area (Å²) >= 11 is 1.13. The van der Waals surface area contributed by atoms with Gasteiger partial charge in [0.15, 0.2) is 5.92 Å². The van der Waals surface area contributed by atoms with E-state index in [1.54, 1.807) is 10.8 Å². The van der Waals surface area contributed by atoms with Gasteiger partial charge in [0.05, 0.1) is 34.8 Å². The molecule has 1 aromatic heterocycles. The summed E-state index contributed by atoms with van der Waals surface area (Å²) in [6.45, 7) is 5.39. The predicted octanol–water partition coefficient (Wildman–Crippen LogP) is 4.87. The molecule has 0 amide bonds. The first-order valence-corrected chi connectivity index (χ1v) is 12.0. The highest BCUT2D eigenvalue weighted by Gasteiger charge is 2.34. The van der Waals surface area contributed by atoms with E-state index in [1.165, 1.54) is 12.5 Å². The molecule has 6 nitrogen and oxygen atoms in total. The van der Waals surface area contributed by atoms with Gasteiger partial charge < -0.3 is 0 Å². The van der Waals surface area contributed by atoms with Crippen molar-refractivity contribution in [1.29, 1.82) is 5.26 Å². The van der Waals surface area contributed by atoms with Crippen LogP contribution in [0.15, 0.2) is 72.2 Å². The number of Topliss-reactive ketones (excluding diaryl/α,β-unsaturated/α-hetero) is 2. The minimum absolute atomic E-state index is 0.0530. The predicted molar refractivity (Wildman–Crippen MR) is 135 cm³/mol. The summed E-state index contributed by atoms with van der Waals surface area (Å²) < 4.78 is 1.80. The van der Waals surface area contributed by atoms with E-state index >= 15 is 0 Å². The molecule has 0 fully saturated rings. The van der Waals surface area contributed by atoms with Crippen molar-refractivity contribution < 1.29 is 9.59 Å². The maximum atomic E-state index is 13.8. The number of aromatic nitrogens is 2.